The number of ketones is 1. The van der Waals surface area contributed by atoms with Gasteiger partial charge in [-0.3, -0.25) is 24.5 Å². The molecule has 0 aliphatic carbocycles. The highest BCUT2D eigenvalue weighted by Gasteiger charge is 2.47. The van der Waals surface area contributed by atoms with Crippen LogP contribution in [0.25, 0.3) is 5.76 Å². The Kier molecular flexibility index (Phi) is 7.15. The van der Waals surface area contributed by atoms with E-state index >= 15 is 0 Å². The summed E-state index contributed by atoms with van der Waals surface area (Å²) in [4.78, 5) is 48.4. The lowest BCUT2D eigenvalue weighted by Gasteiger charge is -2.26. The predicted octanol–water partition coefficient (Wildman–Crippen LogP) is 2.90. The first-order valence-corrected chi connectivity index (χ1v) is 10.2. The number of carbonyl (C=O) groups excluding carboxylic acids is 2. The number of aliphatic carboxylic acids is 1. The Morgan fingerprint density at radius 1 is 1.09 bits per heavy atom. The first-order chi connectivity index (χ1) is 16.2. The van der Waals surface area contributed by atoms with Crippen LogP contribution in [-0.2, 0) is 14.4 Å². The van der Waals surface area contributed by atoms with Gasteiger partial charge >= 0.3 is 5.97 Å². The van der Waals surface area contributed by atoms with Gasteiger partial charge in [-0.25, -0.2) is 0 Å². The van der Waals surface area contributed by atoms with Gasteiger partial charge in [-0.1, -0.05) is 0 Å². The number of methoxy groups -OCH3 is 2. The average molecular weight is 470 g/mol. The Morgan fingerprint density at radius 2 is 1.76 bits per heavy atom. The number of likely N-dealkylation sites (tertiary alicyclic amines) is 1. The van der Waals surface area contributed by atoms with Gasteiger partial charge in [0.15, 0.2) is 0 Å². The molecule has 34 heavy (non-hydrogen) atoms. The van der Waals surface area contributed by atoms with Crippen LogP contribution in [0.4, 0.5) is 5.69 Å². The van der Waals surface area contributed by atoms with E-state index in [1.54, 1.807) is 18.2 Å². The van der Waals surface area contributed by atoms with E-state index in [-0.39, 0.29) is 42.0 Å². The monoisotopic (exact) mass is 470 g/mol. The lowest BCUT2D eigenvalue weighted by molar-refractivity contribution is -0.384. The molecule has 3 rings (SSSR count). The van der Waals surface area contributed by atoms with Crippen LogP contribution in [0.15, 0.2) is 48.0 Å². The Bertz CT molecular complexity index is 1170. The summed E-state index contributed by atoms with van der Waals surface area (Å²) >= 11 is 0. The van der Waals surface area contributed by atoms with Gasteiger partial charge in [0.25, 0.3) is 17.4 Å². The summed E-state index contributed by atoms with van der Waals surface area (Å²) in [6.45, 7) is -0.0617. The summed E-state index contributed by atoms with van der Waals surface area (Å²) < 4.78 is 10.6. The molecule has 0 unspecified atom stereocenters. The van der Waals surface area contributed by atoms with Crippen LogP contribution in [-0.4, -0.2) is 58.5 Å². The van der Waals surface area contributed by atoms with E-state index in [9.17, 15) is 29.6 Å². The van der Waals surface area contributed by atoms with E-state index in [0.717, 1.165) is 0 Å². The quantitative estimate of drug-likeness (QED) is 0.185. The zero-order valence-electron chi connectivity index (χ0n) is 18.4. The van der Waals surface area contributed by atoms with Crippen molar-refractivity contribution in [3.8, 4) is 11.5 Å². The minimum absolute atomic E-state index is 0.0617. The number of carboxylic acid groups (broad SMARTS) is 1. The number of aliphatic hydroxyl groups excluding tert-OH is 1. The smallest absolute Gasteiger partial charge is 0.303 e. The zero-order chi connectivity index (χ0) is 25.0. The van der Waals surface area contributed by atoms with Crippen molar-refractivity contribution in [1.29, 1.82) is 0 Å². The summed E-state index contributed by atoms with van der Waals surface area (Å²) in [6, 6.07) is 8.54. The highest BCUT2D eigenvalue weighted by atomic mass is 16.6. The van der Waals surface area contributed by atoms with E-state index < -0.39 is 34.4 Å². The highest BCUT2D eigenvalue weighted by molar-refractivity contribution is 6.46. The van der Waals surface area contributed by atoms with Crippen molar-refractivity contribution in [2.24, 2.45) is 0 Å². The summed E-state index contributed by atoms with van der Waals surface area (Å²) in [7, 11) is 2.85. The highest BCUT2D eigenvalue weighted by Crippen LogP contribution is 2.43. The molecule has 178 valence electrons. The third-order valence-corrected chi connectivity index (χ3v) is 5.42. The molecule has 1 amide bonds. The number of nitro groups is 1. The molecule has 1 atom stereocenters. The number of carboxylic acids is 1. The van der Waals surface area contributed by atoms with Crippen molar-refractivity contribution in [2.75, 3.05) is 20.8 Å². The standard InChI is InChI=1S/C23H22N2O9/c1-33-15-9-10-16(17(12-15)34-2)20-19(21(28)13-5-7-14(8-6-13)25(31)32)22(29)23(30)24(20)11-3-4-18(26)27/h5-10,12,20,28H,3-4,11H2,1-2H3,(H,26,27)/b21-19+/t20-/m0/s1. The van der Waals surface area contributed by atoms with Crippen molar-refractivity contribution in [3.05, 3.63) is 69.3 Å². The molecule has 1 aliphatic rings. The second-order valence-corrected chi connectivity index (χ2v) is 7.40. The third kappa shape index (κ3) is 4.68. The van der Waals surface area contributed by atoms with Gasteiger partial charge in [0, 0.05) is 42.3 Å². The molecule has 0 aromatic heterocycles. The molecule has 2 aromatic carbocycles. The molecule has 1 fully saturated rings. The Morgan fingerprint density at radius 3 is 2.32 bits per heavy atom. The molecule has 1 heterocycles. The topological polar surface area (TPSA) is 157 Å². The maximum atomic E-state index is 13.0. The van der Waals surface area contributed by atoms with Gasteiger partial charge in [0.2, 0.25) is 0 Å². The van der Waals surface area contributed by atoms with E-state index in [0.29, 0.717) is 11.3 Å². The van der Waals surface area contributed by atoms with Crippen molar-refractivity contribution in [2.45, 2.75) is 18.9 Å². The summed E-state index contributed by atoms with van der Waals surface area (Å²) in [5, 5.41) is 30.9. The minimum atomic E-state index is -1.08. The fraction of sp³-hybridized carbons (Fsp3) is 0.261. The number of benzene rings is 2. The second-order valence-electron chi connectivity index (χ2n) is 7.40. The number of amides is 1. The minimum Gasteiger partial charge on any atom is -0.507 e. The van der Waals surface area contributed by atoms with Crippen molar-refractivity contribution >= 4 is 29.1 Å². The summed E-state index contributed by atoms with van der Waals surface area (Å²) in [5.41, 5.74) is 0.0320. The van der Waals surface area contributed by atoms with Crippen LogP contribution >= 0.6 is 0 Å². The number of carbonyl (C=O) groups is 3. The van der Waals surface area contributed by atoms with Crippen LogP contribution in [0.5, 0.6) is 11.5 Å². The largest absolute Gasteiger partial charge is 0.507 e. The fourth-order valence-corrected chi connectivity index (χ4v) is 3.78. The van der Waals surface area contributed by atoms with Gasteiger partial charge in [-0.2, -0.15) is 0 Å². The first kappa shape index (κ1) is 24.2. The molecular formula is C23H22N2O9. The van der Waals surface area contributed by atoms with Gasteiger partial charge < -0.3 is 24.6 Å². The lowest BCUT2D eigenvalue weighted by Crippen LogP contribution is -2.31. The second kappa shape index (κ2) is 10.0. The van der Waals surface area contributed by atoms with Crippen LogP contribution in [0.2, 0.25) is 0 Å². The van der Waals surface area contributed by atoms with Crippen LogP contribution < -0.4 is 9.47 Å². The van der Waals surface area contributed by atoms with E-state index in [1.165, 1.54) is 43.4 Å². The molecule has 2 aromatic rings. The number of nitro benzene ring substituents is 1. The van der Waals surface area contributed by atoms with Crippen molar-refractivity contribution in [1.82, 2.24) is 4.90 Å². The predicted molar refractivity (Wildman–Crippen MR) is 119 cm³/mol. The number of rotatable bonds is 9. The van der Waals surface area contributed by atoms with Crippen LogP contribution in [0.1, 0.15) is 30.0 Å². The number of Topliss-reactive ketones (excluding diaryl/α,β-unsaturated/α-hetero) is 1. The molecular weight excluding hydrogens is 448 g/mol. The molecule has 0 radical (unpaired) electrons. The summed E-state index contributed by atoms with van der Waals surface area (Å²) in [5.74, 6) is -2.70. The van der Waals surface area contributed by atoms with Crippen LogP contribution in [0.3, 0.4) is 0 Å². The van der Waals surface area contributed by atoms with Crippen molar-refractivity contribution in [3.63, 3.8) is 0 Å². The number of ether oxygens (including phenoxy) is 2. The van der Waals surface area contributed by atoms with Gasteiger partial charge in [-0.15, -0.1) is 0 Å². The van der Waals surface area contributed by atoms with E-state index in [1.807, 2.05) is 0 Å². The maximum absolute atomic E-state index is 13.0. The number of hydrogen-bond donors (Lipinski definition) is 2. The number of nitrogens with zero attached hydrogens (tertiary/aromatic N) is 2. The van der Waals surface area contributed by atoms with E-state index in [2.05, 4.69) is 0 Å². The zero-order valence-corrected chi connectivity index (χ0v) is 18.4. The average Bonchev–Trinajstić information content (AvgIpc) is 3.07. The number of non-ortho nitro benzene ring substituents is 1. The fourth-order valence-electron chi connectivity index (χ4n) is 3.78. The Labute approximate surface area is 194 Å². The van der Waals surface area contributed by atoms with E-state index in [4.69, 9.17) is 14.6 Å². The molecule has 11 nitrogen and oxygen atoms in total. The molecule has 1 saturated heterocycles. The molecule has 0 spiro atoms. The van der Waals surface area contributed by atoms with Gasteiger partial charge in [-0.05, 0) is 30.7 Å². The molecule has 0 bridgehead atoms. The molecule has 0 saturated carbocycles. The molecule has 1 aliphatic heterocycles. The maximum Gasteiger partial charge on any atom is 0.303 e. The lowest BCUT2D eigenvalue weighted by atomic mass is 9.94. The first-order valence-electron chi connectivity index (χ1n) is 10.2. The van der Waals surface area contributed by atoms with Gasteiger partial charge in [0.1, 0.15) is 17.3 Å². The number of aliphatic hydroxyl groups is 1. The summed E-state index contributed by atoms with van der Waals surface area (Å²) in [6.07, 6.45) is -0.146. The van der Waals surface area contributed by atoms with Crippen LogP contribution in [0, 0.1) is 10.1 Å². The number of hydrogen-bond acceptors (Lipinski definition) is 8. The van der Waals surface area contributed by atoms with Gasteiger partial charge in [0.05, 0.1) is 30.8 Å². The Hall–Kier alpha value is -4.41. The normalized spacial score (nSPS) is 17.0. The SMILES string of the molecule is COc1ccc([C@H]2/C(=C(\O)c3ccc([N+](=O)[O-])cc3)C(=O)C(=O)N2CCCC(=O)O)c(OC)c1. The third-order valence-electron chi connectivity index (χ3n) is 5.42. The Balaban J connectivity index is 2.17. The van der Waals surface area contributed by atoms with Crippen molar-refractivity contribution < 1.29 is 39.0 Å². The molecule has 11 heteroatoms. The molecule has 2 N–H and O–H groups in total.